The van der Waals surface area contributed by atoms with E-state index >= 15 is 0 Å². The van der Waals surface area contributed by atoms with Crippen molar-refractivity contribution in [2.75, 3.05) is 0 Å². The zero-order chi connectivity index (χ0) is 36.2. The first-order valence-electron chi connectivity index (χ1n) is 19.3. The lowest BCUT2D eigenvalue weighted by Crippen LogP contribution is -1.96. The molecule has 0 N–H and O–H groups in total. The second kappa shape index (κ2) is 11.5. The van der Waals surface area contributed by atoms with Gasteiger partial charge in [0, 0.05) is 0 Å². The van der Waals surface area contributed by atoms with Gasteiger partial charge < -0.3 is 0 Å². The predicted octanol–water partition coefficient (Wildman–Crippen LogP) is 15.5. The summed E-state index contributed by atoms with van der Waals surface area (Å²) in [5.74, 6) is 0. The van der Waals surface area contributed by atoms with E-state index in [1.54, 1.807) is 0 Å². The minimum absolute atomic E-state index is 1.23. The molecule has 0 unspecified atom stereocenters. The summed E-state index contributed by atoms with van der Waals surface area (Å²) < 4.78 is 0. The molecular formula is C55H34. The molecular weight excluding hydrogens is 661 g/mol. The molecule has 0 bridgehead atoms. The molecule has 0 nitrogen and oxygen atoms in total. The Morgan fingerprint density at radius 1 is 0.218 bits per heavy atom. The fourth-order valence-corrected chi connectivity index (χ4v) is 10.0. The molecule has 0 amide bonds. The van der Waals surface area contributed by atoms with Crippen LogP contribution in [-0.4, -0.2) is 0 Å². The fourth-order valence-electron chi connectivity index (χ4n) is 10.0. The Labute approximate surface area is 319 Å². The van der Waals surface area contributed by atoms with Crippen molar-refractivity contribution in [2.24, 2.45) is 0 Å². The second-order valence-electron chi connectivity index (χ2n) is 15.1. The highest BCUT2D eigenvalue weighted by atomic mass is 14.3. The van der Waals surface area contributed by atoms with Crippen molar-refractivity contribution in [2.45, 2.75) is 6.92 Å². The maximum Gasteiger partial charge on any atom is -0.000695 e. The SMILES string of the molecule is Cc1ccc2c3c4c(c(-c5ccccc5-c5ccccc5)c5cccc(c6cccc1c62)c53)-c1ccc(-c2ccccc2)c2c(-c3ccccc3)ccc-4c12. The first-order chi connectivity index (χ1) is 27.3. The summed E-state index contributed by atoms with van der Waals surface area (Å²) in [5, 5.41) is 13.3. The lowest BCUT2D eigenvalue weighted by Gasteiger charge is -2.23. The van der Waals surface area contributed by atoms with Crippen LogP contribution in [0.25, 0.3) is 121 Å². The van der Waals surface area contributed by atoms with Gasteiger partial charge in [0.2, 0.25) is 0 Å². The third-order valence-electron chi connectivity index (χ3n) is 12.3. The highest BCUT2D eigenvalue weighted by Gasteiger charge is 2.33. The topological polar surface area (TPSA) is 0 Å². The number of hydrogen-bond acceptors (Lipinski definition) is 0. The van der Waals surface area contributed by atoms with Crippen LogP contribution in [0.2, 0.25) is 0 Å². The van der Waals surface area contributed by atoms with Gasteiger partial charge in [0.15, 0.2) is 0 Å². The van der Waals surface area contributed by atoms with E-state index in [4.69, 9.17) is 0 Å². The third-order valence-corrected chi connectivity index (χ3v) is 12.3. The van der Waals surface area contributed by atoms with Crippen molar-refractivity contribution in [1.82, 2.24) is 0 Å². The van der Waals surface area contributed by atoms with E-state index in [-0.39, 0.29) is 0 Å². The summed E-state index contributed by atoms with van der Waals surface area (Å²) >= 11 is 0. The van der Waals surface area contributed by atoms with Gasteiger partial charge in [-0.1, -0.05) is 188 Å². The van der Waals surface area contributed by atoms with Gasteiger partial charge in [-0.2, -0.15) is 0 Å². The molecule has 12 rings (SSSR count). The Balaban J connectivity index is 1.35. The average molecular weight is 695 g/mol. The van der Waals surface area contributed by atoms with E-state index in [1.807, 2.05) is 0 Å². The molecule has 11 aromatic carbocycles. The molecule has 254 valence electrons. The van der Waals surface area contributed by atoms with Crippen molar-refractivity contribution in [3.63, 3.8) is 0 Å². The Morgan fingerprint density at radius 3 is 1.33 bits per heavy atom. The average Bonchev–Trinajstić information content (AvgIpc) is 3.59. The van der Waals surface area contributed by atoms with E-state index < -0.39 is 0 Å². The Morgan fingerprint density at radius 2 is 0.691 bits per heavy atom. The fraction of sp³-hybridized carbons (Fsp3) is 0.0182. The molecule has 1 aliphatic rings. The van der Waals surface area contributed by atoms with E-state index in [2.05, 4.69) is 195 Å². The number of benzene rings is 11. The molecule has 1 aliphatic carbocycles. The quantitative estimate of drug-likeness (QED) is 0.127. The van der Waals surface area contributed by atoms with Gasteiger partial charge >= 0.3 is 0 Å². The van der Waals surface area contributed by atoms with Gasteiger partial charge in [-0.25, -0.2) is 0 Å². The molecule has 0 saturated heterocycles. The zero-order valence-corrected chi connectivity index (χ0v) is 30.4. The van der Waals surface area contributed by atoms with Crippen LogP contribution in [-0.2, 0) is 0 Å². The highest BCUT2D eigenvalue weighted by Crippen LogP contribution is 2.61. The van der Waals surface area contributed by atoms with Gasteiger partial charge in [0.05, 0.1) is 0 Å². The minimum Gasteiger partial charge on any atom is -0.0622 e. The van der Waals surface area contributed by atoms with Crippen LogP contribution in [0, 0.1) is 6.92 Å². The molecule has 0 heterocycles. The Bertz CT molecular complexity index is 3290. The van der Waals surface area contributed by atoms with Crippen LogP contribution in [0.5, 0.6) is 0 Å². The Kier molecular flexibility index (Phi) is 6.36. The molecule has 0 aromatic heterocycles. The maximum atomic E-state index is 2.43. The number of rotatable bonds is 4. The van der Waals surface area contributed by atoms with Gasteiger partial charge in [-0.15, -0.1) is 0 Å². The molecule has 0 heteroatoms. The number of fused-ring (bicyclic) bond motifs is 6. The highest BCUT2D eigenvalue weighted by molar-refractivity contribution is 6.42. The van der Waals surface area contributed by atoms with Crippen LogP contribution in [0.1, 0.15) is 5.56 Å². The van der Waals surface area contributed by atoms with Gasteiger partial charge in [-0.05, 0) is 133 Å². The van der Waals surface area contributed by atoms with E-state index in [0.29, 0.717) is 0 Å². The van der Waals surface area contributed by atoms with Gasteiger partial charge in [-0.3, -0.25) is 0 Å². The number of hydrogen-bond donors (Lipinski definition) is 0. The Hall–Kier alpha value is -7.02. The molecule has 0 aliphatic heterocycles. The smallest absolute Gasteiger partial charge is 0.000695 e. The third kappa shape index (κ3) is 4.17. The molecule has 0 saturated carbocycles. The molecule has 0 spiro atoms. The minimum atomic E-state index is 1.23. The predicted molar refractivity (Wildman–Crippen MR) is 236 cm³/mol. The summed E-state index contributed by atoms with van der Waals surface area (Å²) in [6.07, 6.45) is 0. The van der Waals surface area contributed by atoms with Crippen LogP contribution in [0.3, 0.4) is 0 Å². The van der Waals surface area contributed by atoms with Crippen molar-refractivity contribution in [1.29, 1.82) is 0 Å². The van der Waals surface area contributed by atoms with Crippen molar-refractivity contribution < 1.29 is 0 Å². The normalized spacial score (nSPS) is 12.1. The monoisotopic (exact) mass is 694 g/mol. The van der Waals surface area contributed by atoms with Crippen LogP contribution < -0.4 is 0 Å². The van der Waals surface area contributed by atoms with Crippen molar-refractivity contribution >= 4 is 53.9 Å². The molecule has 55 heavy (non-hydrogen) atoms. The molecule has 0 fully saturated rings. The van der Waals surface area contributed by atoms with Crippen LogP contribution >= 0.6 is 0 Å². The first-order valence-corrected chi connectivity index (χ1v) is 19.3. The van der Waals surface area contributed by atoms with E-state index in [0.717, 1.165) is 0 Å². The maximum absolute atomic E-state index is 2.43. The van der Waals surface area contributed by atoms with Gasteiger partial charge in [0.25, 0.3) is 0 Å². The lowest BCUT2D eigenvalue weighted by atomic mass is 9.79. The van der Waals surface area contributed by atoms with Crippen molar-refractivity contribution in [3.05, 3.63) is 194 Å². The van der Waals surface area contributed by atoms with E-state index in [1.165, 1.54) is 126 Å². The van der Waals surface area contributed by atoms with Crippen LogP contribution in [0.4, 0.5) is 0 Å². The first kappa shape index (κ1) is 30.4. The zero-order valence-electron chi connectivity index (χ0n) is 30.4. The standard InChI is InChI=1S/C55H34/c1-33-27-28-45-48-37(33)23-13-24-42(48)43-25-14-26-44-50(41-22-12-11-21-38(41)34-15-5-2-6-16-34)54-46-31-29-39(35-17-7-3-8-18-35)49-40(36-19-9-4-10-20-36)30-32-47(52(46)49)55(54)53(45)51(43)44/h2-32H,1H3. The largest absolute Gasteiger partial charge is 0.0622 e. The second-order valence-corrected chi connectivity index (χ2v) is 15.1. The summed E-state index contributed by atoms with van der Waals surface area (Å²) in [5.41, 5.74) is 16.7. The molecule has 0 atom stereocenters. The summed E-state index contributed by atoms with van der Waals surface area (Å²) in [6.45, 7) is 2.25. The molecule has 11 aromatic rings. The van der Waals surface area contributed by atoms with E-state index in [9.17, 15) is 0 Å². The van der Waals surface area contributed by atoms with Gasteiger partial charge in [0.1, 0.15) is 0 Å². The summed E-state index contributed by atoms with van der Waals surface area (Å²) in [6, 6.07) is 70.1. The van der Waals surface area contributed by atoms with Crippen molar-refractivity contribution in [3.8, 4) is 66.8 Å². The summed E-state index contributed by atoms with van der Waals surface area (Å²) in [7, 11) is 0. The van der Waals surface area contributed by atoms with Crippen LogP contribution in [0.15, 0.2) is 188 Å². The summed E-state index contributed by atoms with van der Waals surface area (Å²) in [4.78, 5) is 0. The lowest BCUT2D eigenvalue weighted by molar-refractivity contribution is 1.55. The molecule has 0 radical (unpaired) electrons. The number of aryl methyl sites for hydroxylation is 1.